The monoisotopic (exact) mass is 475 g/mol. The van der Waals surface area contributed by atoms with Crippen molar-refractivity contribution in [1.29, 1.82) is 0 Å². The lowest BCUT2D eigenvalue weighted by atomic mass is 9.89. The molecule has 2 aromatic carbocycles. The summed E-state index contributed by atoms with van der Waals surface area (Å²) in [6.45, 7) is 4.08. The van der Waals surface area contributed by atoms with E-state index >= 15 is 0 Å². The molecule has 4 rings (SSSR count). The van der Waals surface area contributed by atoms with E-state index in [0.29, 0.717) is 26.2 Å². The van der Waals surface area contributed by atoms with Crippen LogP contribution in [0.15, 0.2) is 41.3 Å². The molecular weight excluding hydrogens is 446 g/mol. The molecular formula is C24H30ClN3O3S. The van der Waals surface area contributed by atoms with Gasteiger partial charge in [-0.05, 0) is 74.5 Å². The number of hydrogen-bond acceptors (Lipinski definition) is 4. The van der Waals surface area contributed by atoms with E-state index in [-0.39, 0.29) is 27.4 Å². The quantitative estimate of drug-likeness (QED) is 0.716. The maximum absolute atomic E-state index is 13.2. The standard InChI is InChI=1S/C24H30ClN3O3S/c1-17(19-8-7-18-5-3-4-6-20(18)15-19)26-24(29)21-9-10-22(25)23(16-21)32(30,31)28-13-11-27(2)12-14-28/h7-10,15-17H,3-6,11-14H2,1-2H3,(H,26,29). The van der Waals surface area contributed by atoms with Gasteiger partial charge in [0.1, 0.15) is 4.90 Å². The molecule has 2 aliphatic rings. The zero-order valence-electron chi connectivity index (χ0n) is 18.6. The molecule has 1 unspecified atom stereocenters. The highest BCUT2D eigenvalue weighted by molar-refractivity contribution is 7.89. The van der Waals surface area contributed by atoms with Crippen LogP contribution in [0.1, 0.15) is 52.9 Å². The number of likely N-dealkylation sites (N-methyl/N-ethyl adjacent to an activating group) is 1. The smallest absolute Gasteiger partial charge is 0.251 e. The summed E-state index contributed by atoms with van der Waals surface area (Å²) in [5, 5.41) is 3.13. The first-order chi connectivity index (χ1) is 15.3. The Morgan fingerprint density at radius 3 is 2.41 bits per heavy atom. The molecule has 172 valence electrons. The van der Waals surface area contributed by atoms with Gasteiger partial charge in [0.15, 0.2) is 0 Å². The van der Waals surface area contributed by atoms with Crippen LogP contribution >= 0.6 is 11.6 Å². The van der Waals surface area contributed by atoms with Crippen LogP contribution in [0.3, 0.4) is 0 Å². The maximum Gasteiger partial charge on any atom is 0.251 e. The summed E-state index contributed by atoms with van der Waals surface area (Å²) in [5.74, 6) is -0.318. The van der Waals surface area contributed by atoms with Crippen molar-refractivity contribution in [3.63, 3.8) is 0 Å². The van der Waals surface area contributed by atoms with Gasteiger partial charge in [-0.3, -0.25) is 4.79 Å². The second-order valence-corrected chi connectivity index (χ2v) is 11.1. The first-order valence-electron chi connectivity index (χ1n) is 11.2. The Bertz CT molecular complexity index is 1110. The number of fused-ring (bicyclic) bond motifs is 1. The maximum atomic E-state index is 13.2. The van der Waals surface area contributed by atoms with Crippen molar-refractivity contribution in [2.24, 2.45) is 0 Å². The van der Waals surface area contributed by atoms with Crippen LogP contribution in [0.5, 0.6) is 0 Å². The third kappa shape index (κ3) is 4.86. The van der Waals surface area contributed by atoms with Gasteiger partial charge >= 0.3 is 0 Å². The molecule has 6 nitrogen and oxygen atoms in total. The van der Waals surface area contributed by atoms with Crippen LogP contribution in [0.4, 0.5) is 0 Å². The number of nitrogens with one attached hydrogen (secondary N) is 1. The average molecular weight is 476 g/mol. The first kappa shape index (κ1) is 23.2. The minimum Gasteiger partial charge on any atom is -0.346 e. The van der Waals surface area contributed by atoms with Gasteiger partial charge in [0.25, 0.3) is 5.91 Å². The molecule has 1 aliphatic heterocycles. The molecule has 8 heteroatoms. The van der Waals surface area contributed by atoms with E-state index in [9.17, 15) is 13.2 Å². The predicted molar refractivity (Wildman–Crippen MR) is 127 cm³/mol. The van der Waals surface area contributed by atoms with Crippen molar-refractivity contribution < 1.29 is 13.2 Å². The number of rotatable bonds is 5. The Hall–Kier alpha value is -1.93. The molecule has 2 aromatic rings. The highest BCUT2D eigenvalue weighted by Crippen LogP contribution is 2.28. The van der Waals surface area contributed by atoms with Crippen LogP contribution in [0, 0.1) is 0 Å². The van der Waals surface area contributed by atoms with Crippen molar-refractivity contribution >= 4 is 27.5 Å². The Morgan fingerprint density at radius 2 is 1.69 bits per heavy atom. The van der Waals surface area contributed by atoms with Gasteiger partial charge in [-0.25, -0.2) is 8.42 Å². The summed E-state index contributed by atoms with van der Waals surface area (Å²) >= 11 is 6.25. The van der Waals surface area contributed by atoms with Crippen molar-refractivity contribution in [3.8, 4) is 0 Å². The summed E-state index contributed by atoms with van der Waals surface area (Å²) in [5.41, 5.74) is 4.10. The van der Waals surface area contributed by atoms with Crippen LogP contribution in [0.2, 0.25) is 5.02 Å². The largest absolute Gasteiger partial charge is 0.346 e. The number of carbonyl (C=O) groups excluding carboxylic acids is 1. The lowest BCUT2D eigenvalue weighted by molar-refractivity contribution is 0.0939. The van der Waals surface area contributed by atoms with E-state index in [4.69, 9.17) is 11.6 Å². The van der Waals surface area contributed by atoms with Crippen molar-refractivity contribution in [3.05, 3.63) is 63.7 Å². The van der Waals surface area contributed by atoms with E-state index in [1.165, 1.54) is 40.4 Å². The molecule has 0 aromatic heterocycles. The number of amides is 1. The fraction of sp³-hybridized carbons (Fsp3) is 0.458. The van der Waals surface area contributed by atoms with E-state index in [2.05, 4.69) is 28.4 Å². The lowest BCUT2D eigenvalue weighted by Crippen LogP contribution is -2.47. The second-order valence-electron chi connectivity index (χ2n) is 8.78. The van der Waals surface area contributed by atoms with Crippen molar-refractivity contribution in [2.45, 2.75) is 43.5 Å². The van der Waals surface area contributed by atoms with E-state index in [1.807, 2.05) is 14.0 Å². The minimum atomic E-state index is -3.77. The summed E-state index contributed by atoms with van der Waals surface area (Å²) < 4.78 is 27.8. The molecule has 1 heterocycles. The number of aryl methyl sites for hydroxylation is 2. The molecule has 1 atom stereocenters. The van der Waals surface area contributed by atoms with E-state index in [0.717, 1.165) is 18.4 Å². The van der Waals surface area contributed by atoms with Crippen LogP contribution in [0.25, 0.3) is 0 Å². The summed E-state index contributed by atoms with van der Waals surface area (Å²) in [6, 6.07) is 10.7. The molecule has 1 amide bonds. The Balaban J connectivity index is 1.52. The van der Waals surface area contributed by atoms with Gasteiger partial charge in [-0.15, -0.1) is 0 Å². The molecule has 0 spiro atoms. The zero-order chi connectivity index (χ0) is 22.9. The lowest BCUT2D eigenvalue weighted by Gasteiger charge is -2.31. The Labute approximate surface area is 195 Å². The number of benzene rings is 2. The summed E-state index contributed by atoms with van der Waals surface area (Å²) in [7, 11) is -1.80. The van der Waals surface area contributed by atoms with Crippen molar-refractivity contribution in [2.75, 3.05) is 33.2 Å². The fourth-order valence-electron chi connectivity index (χ4n) is 4.40. The number of piperazine rings is 1. The van der Waals surface area contributed by atoms with Gasteiger partial charge < -0.3 is 10.2 Å². The van der Waals surface area contributed by atoms with E-state index < -0.39 is 10.0 Å². The van der Waals surface area contributed by atoms with Gasteiger partial charge in [0, 0.05) is 31.7 Å². The zero-order valence-corrected chi connectivity index (χ0v) is 20.2. The molecule has 1 saturated heterocycles. The van der Waals surface area contributed by atoms with Crippen LogP contribution < -0.4 is 5.32 Å². The summed E-state index contributed by atoms with van der Waals surface area (Å²) in [6.07, 6.45) is 4.63. The van der Waals surface area contributed by atoms with Gasteiger partial charge in [-0.1, -0.05) is 29.8 Å². The number of carbonyl (C=O) groups is 1. The molecule has 0 saturated carbocycles. The molecule has 32 heavy (non-hydrogen) atoms. The van der Waals surface area contributed by atoms with Crippen LogP contribution in [-0.2, 0) is 22.9 Å². The number of halogens is 1. The minimum absolute atomic E-state index is 0.0159. The van der Waals surface area contributed by atoms with Gasteiger partial charge in [0.2, 0.25) is 10.0 Å². The first-order valence-corrected chi connectivity index (χ1v) is 13.0. The SMILES string of the molecule is CC(NC(=O)c1ccc(Cl)c(S(=O)(=O)N2CCN(C)CC2)c1)c1ccc2c(c1)CCCC2. The van der Waals surface area contributed by atoms with Gasteiger partial charge in [-0.2, -0.15) is 4.31 Å². The molecule has 1 N–H and O–H groups in total. The van der Waals surface area contributed by atoms with E-state index in [1.54, 1.807) is 6.07 Å². The molecule has 1 fully saturated rings. The third-order valence-corrected chi connectivity index (χ3v) is 8.87. The highest BCUT2D eigenvalue weighted by Gasteiger charge is 2.30. The topological polar surface area (TPSA) is 69.7 Å². The number of sulfonamides is 1. The Kier molecular flexibility index (Phi) is 6.91. The summed E-state index contributed by atoms with van der Waals surface area (Å²) in [4.78, 5) is 15.0. The number of nitrogens with zero attached hydrogens (tertiary/aromatic N) is 2. The Morgan fingerprint density at radius 1 is 1.00 bits per heavy atom. The van der Waals surface area contributed by atoms with Crippen molar-refractivity contribution in [1.82, 2.24) is 14.5 Å². The molecule has 1 aliphatic carbocycles. The van der Waals surface area contributed by atoms with Crippen LogP contribution in [-0.4, -0.2) is 56.8 Å². The highest BCUT2D eigenvalue weighted by atomic mass is 35.5. The third-order valence-electron chi connectivity index (χ3n) is 6.49. The average Bonchev–Trinajstić information content (AvgIpc) is 2.79. The normalized spacial score (nSPS) is 18.7. The molecule has 0 radical (unpaired) electrons. The fourth-order valence-corrected chi connectivity index (χ4v) is 6.32. The second kappa shape index (κ2) is 9.51. The molecule has 0 bridgehead atoms. The number of hydrogen-bond donors (Lipinski definition) is 1. The van der Waals surface area contributed by atoms with Gasteiger partial charge in [0.05, 0.1) is 11.1 Å². The predicted octanol–water partition coefficient (Wildman–Crippen LogP) is 3.65.